The molecule has 2 rings (SSSR count). The molecular weight excluding hydrogens is 273 g/mol. The van der Waals surface area contributed by atoms with Gasteiger partial charge in [-0.15, -0.1) is 11.6 Å². The number of hydrogen-bond donors (Lipinski definition) is 0. The highest BCUT2D eigenvalue weighted by atomic mass is 35.5. The first-order chi connectivity index (χ1) is 7.63. The number of nitrogens with zero attached hydrogens (tertiary/aromatic N) is 2. The van der Waals surface area contributed by atoms with Crippen LogP contribution < -0.4 is 0 Å². The molecule has 0 aliphatic heterocycles. The first-order valence-electron chi connectivity index (χ1n) is 4.38. The quantitative estimate of drug-likeness (QED) is 0.758. The van der Waals surface area contributed by atoms with Crippen molar-refractivity contribution in [3.63, 3.8) is 0 Å². The molecule has 0 bridgehead atoms. The second-order valence-corrected chi connectivity index (χ2v) is 4.03. The Morgan fingerprint density at radius 1 is 1.19 bits per heavy atom. The van der Waals surface area contributed by atoms with Gasteiger partial charge in [0.2, 0.25) is 5.28 Å². The van der Waals surface area contributed by atoms with E-state index < -0.39 is 0 Å². The Morgan fingerprint density at radius 3 is 2.38 bits per heavy atom. The van der Waals surface area contributed by atoms with Crippen molar-refractivity contribution >= 4 is 34.8 Å². The van der Waals surface area contributed by atoms with Gasteiger partial charge < -0.3 is 0 Å². The summed E-state index contributed by atoms with van der Waals surface area (Å²) in [5.74, 6) is -0.144. The lowest BCUT2D eigenvalue weighted by molar-refractivity contribution is 0.627. The monoisotopic (exact) mass is 278 g/mol. The van der Waals surface area contributed by atoms with Crippen LogP contribution in [0.25, 0.3) is 5.69 Å². The molecule has 0 N–H and O–H groups in total. The van der Waals surface area contributed by atoms with Crippen LogP contribution in [0.15, 0.2) is 24.3 Å². The molecule has 6 heteroatoms. The first-order valence-corrected chi connectivity index (χ1v) is 5.67. The highest BCUT2D eigenvalue weighted by molar-refractivity contribution is 6.33. The van der Waals surface area contributed by atoms with Crippen LogP contribution in [0, 0.1) is 5.82 Å². The molecule has 16 heavy (non-hydrogen) atoms. The molecule has 0 atom stereocenters. The van der Waals surface area contributed by atoms with Crippen LogP contribution >= 0.6 is 34.8 Å². The van der Waals surface area contributed by atoms with E-state index in [1.54, 1.807) is 16.7 Å². The number of rotatable bonds is 2. The molecule has 0 spiro atoms. The van der Waals surface area contributed by atoms with Crippen molar-refractivity contribution in [2.45, 2.75) is 5.88 Å². The van der Waals surface area contributed by atoms with Gasteiger partial charge in [-0.2, -0.15) is 0 Å². The molecule has 2 nitrogen and oxygen atoms in total. The van der Waals surface area contributed by atoms with Crippen molar-refractivity contribution < 1.29 is 4.39 Å². The minimum Gasteiger partial charge on any atom is -0.285 e. The minimum absolute atomic E-state index is 0.177. The Bertz CT molecular complexity index is 508. The summed E-state index contributed by atoms with van der Waals surface area (Å²) in [7, 11) is 0. The third-order valence-corrected chi connectivity index (χ3v) is 2.90. The second-order valence-electron chi connectivity index (χ2n) is 3.06. The van der Waals surface area contributed by atoms with Crippen molar-refractivity contribution in [2.24, 2.45) is 0 Å². The zero-order chi connectivity index (χ0) is 11.7. The van der Waals surface area contributed by atoms with Crippen LogP contribution in [0.2, 0.25) is 10.4 Å². The topological polar surface area (TPSA) is 17.8 Å². The lowest BCUT2D eigenvalue weighted by Gasteiger charge is -2.07. The third kappa shape index (κ3) is 2.03. The fraction of sp³-hybridized carbons (Fsp3) is 0.100. The van der Waals surface area contributed by atoms with E-state index in [1.165, 1.54) is 12.1 Å². The molecule has 0 aliphatic carbocycles. The zero-order valence-electron chi connectivity index (χ0n) is 7.92. The molecule has 0 unspecified atom stereocenters. The van der Waals surface area contributed by atoms with Crippen LogP contribution in [0.1, 0.15) is 5.69 Å². The zero-order valence-corrected chi connectivity index (χ0v) is 10.2. The highest BCUT2D eigenvalue weighted by Gasteiger charge is 2.14. The summed E-state index contributed by atoms with van der Waals surface area (Å²) in [5.41, 5.74) is 1.25. The van der Waals surface area contributed by atoms with E-state index >= 15 is 0 Å². The maximum Gasteiger partial charge on any atom is 0.209 e. The van der Waals surface area contributed by atoms with E-state index in [0.717, 1.165) is 0 Å². The lowest BCUT2D eigenvalue weighted by Crippen LogP contribution is -1.98. The Morgan fingerprint density at radius 2 is 1.81 bits per heavy atom. The normalized spacial score (nSPS) is 10.8. The summed E-state index contributed by atoms with van der Waals surface area (Å²) in [4.78, 5) is 3.90. The fourth-order valence-corrected chi connectivity index (χ4v) is 2.24. The number of alkyl halides is 1. The van der Waals surface area contributed by atoms with E-state index in [9.17, 15) is 4.39 Å². The predicted molar refractivity (Wildman–Crippen MR) is 63.1 cm³/mol. The molecule has 84 valence electrons. The molecule has 1 aromatic carbocycles. The van der Waals surface area contributed by atoms with Gasteiger partial charge in [0.05, 0.1) is 11.6 Å². The van der Waals surface area contributed by atoms with Gasteiger partial charge in [0.25, 0.3) is 0 Å². The molecule has 1 aromatic heterocycles. The van der Waals surface area contributed by atoms with E-state index in [2.05, 4.69) is 4.98 Å². The van der Waals surface area contributed by atoms with Gasteiger partial charge in [0, 0.05) is 5.69 Å². The van der Waals surface area contributed by atoms with Crippen LogP contribution in [-0.2, 0) is 5.88 Å². The summed E-state index contributed by atoms with van der Waals surface area (Å²) in [6.45, 7) is 0. The summed E-state index contributed by atoms with van der Waals surface area (Å²) in [6, 6.07) is 5.82. The molecular formula is C10H6Cl3FN2. The van der Waals surface area contributed by atoms with Crippen molar-refractivity contribution in [1.82, 2.24) is 9.55 Å². The third-order valence-electron chi connectivity index (χ3n) is 2.09. The van der Waals surface area contributed by atoms with Gasteiger partial charge in [-0.1, -0.05) is 11.6 Å². The highest BCUT2D eigenvalue weighted by Crippen LogP contribution is 2.26. The SMILES string of the molecule is Fc1ccc(-n2c(Cl)nc(Cl)c2CCl)cc1. The predicted octanol–water partition coefficient (Wildman–Crippen LogP) is 4.06. The van der Waals surface area contributed by atoms with E-state index in [4.69, 9.17) is 34.8 Å². The average Bonchev–Trinajstić information content (AvgIpc) is 2.54. The smallest absolute Gasteiger partial charge is 0.209 e. The van der Waals surface area contributed by atoms with Crippen LogP contribution in [0.3, 0.4) is 0 Å². The lowest BCUT2D eigenvalue weighted by atomic mass is 10.3. The molecule has 0 fully saturated rings. The minimum atomic E-state index is -0.321. The van der Waals surface area contributed by atoms with Gasteiger partial charge in [0.15, 0.2) is 5.15 Å². The Hall–Kier alpha value is -0.770. The largest absolute Gasteiger partial charge is 0.285 e. The van der Waals surface area contributed by atoms with Crippen molar-refractivity contribution in [3.05, 3.63) is 46.2 Å². The molecule has 0 saturated carbocycles. The van der Waals surface area contributed by atoms with Gasteiger partial charge >= 0.3 is 0 Å². The molecule has 0 radical (unpaired) electrons. The van der Waals surface area contributed by atoms with Crippen LogP contribution in [0.5, 0.6) is 0 Å². The Balaban J connectivity index is 2.59. The van der Waals surface area contributed by atoms with Crippen LogP contribution in [-0.4, -0.2) is 9.55 Å². The number of imidazole rings is 1. The van der Waals surface area contributed by atoms with Crippen molar-refractivity contribution in [2.75, 3.05) is 0 Å². The van der Waals surface area contributed by atoms with Gasteiger partial charge in [-0.05, 0) is 35.9 Å². The van der Waals surface area contributed by atoms with Gasteiger partial charge in [0.1, 0.15) is 5.82 Å². The summed E-state index contributed by atoms with van der Waals surface area (Å²) in [5, 5.41) is 0.455. The van der Waals surface area contributed by atoms with E-state index in [-0.39, 0.29) is 22.1 Å². The van der Waals surface area contributed by atoms with Crippen LogP contribution in [0.4, 0.5) is 4.39 Å². The van der Waals surface area contributed by atoms with Crippen molar-refractivity contribution in [3.8, 4) is 5.69 Å². The Labute approximate surface area is 107 Å². The number of hydrogen-bond acceptors (Lipinski definition) is 1. The van der Waals surface area contributed by atoms with E-state index in [0.29, 0.717) is 11.4 Å². The summed E-state index contributed by atoms with van der Waals surface area (Å²) in [6.07, 6.45) is 0. The average molecular weight is 280 g/mol. The number of halogens is 4. The second kappa shape index (κ2) is 4.62. The standard InChI is InChI=1S/C10H6Cl3FN2/c11-5-8-9(12)15-10(13)16(8)7-3-1-6(14)2-4-7/h1-4H,5H2. The number of benzene rings is 1. The maximum absolute atomic E-state index is 12.8. The molecule has 2 aromatic rings. The van der Waals surface area contributed by atoms with Crippen molar-refractivity contribution in [1.29, 1.82) is 0 Å². The van der Waals surface area contributed by atoms with Gasteiger partial charge in [-0.25, -0.2) is 9.37 Å². The number of aromatic nitrogens is 2. The molecule has 0 amide bonds. The molecule has 1 heterocycles. The van der Waals surface area contributed by atoms with Gasteiger partial charge in [-0.3, -0.25) is 4.57 Å². The van der Waals surface area contributed by atoms with E-state index in [1.807, 2.05) is 0 Å². The Kier molecular flexibility index (Phi) is 3.38. The summed E-state index contributed by atoms with van der Waals surface area (Å²) >= 11 is 17.5. The first kappa shape index (κ1) is 11.7. The fourth-order valence-electron chi connectivity index (χ4n) is 1.37. The summed E-state index contributed by atoms with van der Waals surface area (Å²) < 4.78 is 14.4. The molecule has 0 aliphatic rings. The maximum atomic E-state index is 12.8. The molecule has 0 saturated heterocycles.